The standard InChI is InChI=1S/C10H9ClF3N3OS2/c1-2-19-8-6(7(11)18)17-9(20-8)16-4-3-5(15)10(12,13)14/h3-4,15H,2H2,1H3,(H,16,17)/p+1. The van der Waals surface area contributed by atoms with Crippen LogP contribution >= 0.6 is 34.7 Å². The monoisotopic (exact) mass is 344 g/mol. The molecule has 0 aliphatic carbocycles. The highest BCUT2D eigenvalue weighted by Crippen LogP contribution is 2.31. The lowest BCUT2D eigenvalue weighted by Crippen LogP contribution is -2.71. The van der Waals surface area contributed by atoms with Crippen molar-refractivity contribution in [3.63, 3.8) is 0 Å². The first kappa shape index (κ1) is 17.2. The van der Waals surface area contributed by atoms with Gasteiger partial charge in [0.25, 0.3) is 10.4 Å². The molecule has 0 amide bonds. The number of hydrogen-bond donors (Lipinski definition) is 2. The molecule has 20 heavy (non-hydrogen) atoms. The highest BCUT2D eigenvalue weighted by molar-refractivity contribution is 8.01. The van der Waals surface area contributed by atoms with E-state index in [0.29, 0.717) is 21.2 Å². The summed E-state index contributed by atoms with van der Waals surface area (Å²) in [6.07, 6.45) is -2.98. The Kier molecular flexibility index (Phi) is 6.18. The third-order valence-corrected chi connectivity index (χ3v) is 4.22. The number of nitrogens with zero attached hydrogens (tertiary/aromatic N) is 1. The Morgan fingerprint density at radius 3 is 2.75 bits per heavy atom. The summed E-state index contributed by atoms with van der Waals surface area (Å²) in [5.74, 6) is 0.716. The van der Waals surface area contributed by atoms with E-state index < -0.39 is 17.1 Å². The van der Waals surface area contributed by atoms with Crippen molar-refractivity contribution in [1.29, 1.82) is 5.41 Å². The average Bonchev–Trinajstić information content (AvgIpc) is 2.71. The van der Waals surface area contributed by atoms with Crippen LogP contribution in [0.1, 0.15) is 17.4 Å². The van der Waals surface area contributed by atoms with Gasteiger partial charge in [-0.1, -0.05) is 6.92 Å². The summed E-state index contributed by atoms with van der Waals surface area (Å²) in [7, 11) is 0. The third kappa shape index (κ3) is 4.89. The van der Waals surface area contributed by atoms with Crippen LogP contribution in [0.4, 0.5) is 18.3 Å². The van der Waals surface area contributed by atoms with E-state index in [1.54, 1.807) is 0 Å². The van der Waals surface area contributed by atoms with Crippen molar-refractivity contribution in [2.24, 2.45) is 0 Å². The summed E-state index contributed by atoms with van der Waals surface area (Å²) < 4.78 is 36.9. The van der Waals surface area contributed by atoms with Crippen LogP contribution < -0.4 is 5.32 Å². The average molecular weight is 345 g/mol. The lowest BCUT2D eigenvalue weighted by Gasteiger charge is -2.01. The number of aromatic nitrogens is 1. The van der Waals surface area contributed by atoms with E-state index in [2.05, 4.69) is 4.98 Å². The number of thiazole rings is 1. The van der Waals surface area contributed by atoms with E-state index in [9.17, 15) is 18.0 Å². The number of halogens is 4. The third-order valence-electron chi connectivity index (χ3n) is 1.88. The van der Waals surface area contributed by atoms with Crippen molar-refractivity contribution < 1.29 is 23.3 Å². The number of nitrogens with two attached hydrogens (primary N) is 1. The van der Waals surface area contributed by atoms with Gasteiger partial charge in [0.1, 0.15) is 11.9 Å². The van der Waals surface area contributed by atoms with Gasteiger partial charge >= 0.3 is 6.18 Å². The molecule has 0 radical (unpaired) electrons. The quantitative estimate of drug-likeness (QED) is 0.473. The largest absolute Gasteiger partial charge is 0.432 e. The first-order valence-electron chi connectivity index (χ1n) is 5.26. The molecule has 1 heterocycles. The first-order valence-corrected chi connectivity index (χ1v) is 7.44. The first-order chi connectivity index (χ1) is 9.25. The molecular weight excluding hydrogens is 335 g/mol. The molecule has 10 heteroatoms. The molecule has 0 aliphatic heterocycles. The maximum Gasteiger partial charge on any atom is 0.432 e. The van der Waals surface area contributed by atoms with E-state index in [1.807, 2.05) is 6.92 Å². The highest BCUT2D eigenvalue weighted by Gasteiger charge is 2.32. The van der Waals surface area contributed by atoms with E-state index in [1.165, 1.54) is 17.1 Å². The molecule has 0 aliphatic rings. The minimum atomic E-state index is -4.67. The minimum absolute atomic E-state index is 0.106. The molecule has 0 atom stereocenters. The smallest absolute Gasteiger partial charge is 0.296 e. The zero-order chi connectivity index (χ0) is 15.3. The van der Waals surface area contributed by atoms with Gasteiger partial charge in [-0.05, 0) is 28.7 Å². The van der Waals surface area contributed by atoms with Gasteiger partial charge in [0.2, 0.25) is 0 Å². The fraction of sp³-hybridized carbons (Fsp3) is 0.300. The topological polar surface area (TPSA) is 70.4 Å². The number of carbonyl (C=O) groups excluding carboxylic acids is 1. The Labute approximate surface area is 125 Å². The number of carbonyl (C=O) groups is 1. The predicted octanol–water partition coefficient (Wildman–Crippen LogP) is 2.92. The maximum absolute atomic E-state index is 12.1. The predicted molar refractivity (Wildman–Crippen MR) is 73.2 cm³/mol. The molecule has 4 nitrogen and oxygen atoms in total. The number of allylic oxidation sites excluding steroid dienone is 1. The molecular formula is C10H10ClF3N3OS2+. The van der Waals surface area contributed by atoms with Crippen molar-refractivity contribution in [1.82, 2.24) is 4.98 Å². The Balaban J connectivity index is 2.79. The van der Waals surface area contributed by atoms with Gasteiger partial charge in [0.15, 0.2) is 5.69 Å². The number of hydrogen-bond acceptors (Lipinski definition) is 5. The second-order valence-corrected chi connectivity index (χ2v) is 6.24. The van der Waals surface area contributed by atoms with Crippen LogP contribution in [0.3, 0.4) is 0 Å². The molecule has 0 bridgehead atoms. The van der Waals surface area contributed by atoms with E-state index in [-0.39, 0.29) is 5.69 Å². The fourth-order valence-corrected chi connectivity index (χ4v) is 3.41. The van der Waals surface area contributed by atoms with Gasteiger partial charge in [-0.15, -0.1) is 11.8 Å². The molecule has 1 aromatic rings. The molecule has 0 saturated carbocycles. The summed E-state index contributed by atoms with van der Waals surface area (Å²) in [5, 5.41) is 7.71. The normalized spacial score (nSPS) is 12.1. The summed E-state index contributed by atoms with van der Waals surface area (Å²) in [4.78, 5) is 15.1. The van der Waals surface area contributed by atoms with Crippen LogP contribution in [0.2, 0.25) is 0 Å². The van der Waals surface area contributed by atoms with Gasteiger partial charge in [0.05, 0.1) is 4.21 Å². The van der Waals surface area contributed by atoms with E-state index in [0.717, 1.165) is 17.5 Å². The molecule has 1 rings (SSSR count). The van der Waals surface area contributed by atoms with Crippen LogP contribution in [0, 0.1) is 5.41 Å². The van der Waals surface area contributed by atoms with Gasteiger partial charge in [-0.2, -0.15) is 18.2 Å². The highest BCUT2D eigenvalue weighted by atomic mass is 35.5. The van der Waals surface area contributed by atoms with Crippen LogP contribution in [-0.4, -0.2) is 27.9 Å². The molecule has 0 aromatic carbocycles. The minimum Gasteiger partial charge on any atom is -0.296 e. The van der Waals surface area contributed by atoms with Gasteiger partial charge < -0.3 is 0 Å². The number of nitrogens with one attached hydrogen (secondary N) is 1. The van der Waals surface area contributed by atoms with Crippen LogP contribution in [0.25, 0.3) is 0 Å². The van der Waals surface area contributed by atoms with E-state index in [4.69, 9.17) is 17.0 Å². The van der Waals surface area contributed by atoms with E-state index >= 15 is 0 Å². The second-order valence-electron chi connectivity index (χ2n) is 3.33. The SMILES string of the molecule is CCSc1sc([NH2+]C=CC(=N)C(F)(F)F)nc1C(=O)Cl. The summed E-state index contributed by atoms with van der Waals surface area (Å²) in [5.41, 5.74) is -1.35. The Hall–Kier alpha value is -0.900. The van der Waals surface area contributed by atoms with Crippen molar-refractivity contribution in [2.75, 3.05) is 5.75 Å². The van der Waals surface area contributed by atoms with Crippen molar-refractivity contribution in [3.8, 4) is 0 Å². The molecule has 0 fully saturated rings. The Bertz CT molecular complexity index is 542. The van der Waals surface area contributed by atoms with Crippen molar-refractivity contribution in [2.45, 2.75) is 17.3 Å². The molecule has 1 aromatic heterocycles. The molecule has 0 saturated heterocycles. The van der Waals surface area contributed by atoms with Gasteiger partial charge in [-0.3, -0.25) is 15.5 Å². The van der Waals surface area contributed by atoms with Crippen molar-refractivity contribution in [3.05, 3.63) is 18.0 Å². The van der Waals surface area contributed by atoms with Crippen LogP contribution in [0.5, 0.6) is 0 Å². The lowest BCUT2D eigenvalue weighted by molar-refractivity contribution is -0.495. The summed E-state index contributed by atoms with van der Waals surface area (Å²) in [6, 6.07) is 0. The fourth-order valence-electron chi connectivity index (χ4n) is 1.07. The molecule has 0 unspecified atom stereocenters. The second kappa shape index (κ2) is 7.21. The number of rotatable bonds is 6. The summed E-state index contributed by atoms with van der Waals surface area (Å²) in [6.45, 7) is 1.89. The van der Waals surface area contributed by atoms with Gasteiger partial charge in [0, 0.05) is 6.08 Å². The Morgan fingerprint density at radius 1 is 1.60 bits per heavy atom. The zero-order valence-electron chi connectivity index (χ0n) is 10.1. The zero-order valence-corrected chi connectivity index (χ0v) is 12.5. The summed E-state index contributed by atoms with van der Waals surface area (Å²) >= 11 is 7.92. The number of alkyl halides is 3. The Morgan fingerprint density at radius 2 is 2.25 bits per heavy atom. The van der Waals surface area contributed by atoms with Crippen molar-refractivity contribution >= 4 is 50.8 Å². The van der Waals surface area contributed by atoms with Gasteiger partial charge in [-0.25, -0.2) is 0 Å². The number of quaternary nitrogens is 1. The lowest BCUT2D eigenvalue weighted by atomic mass is 10.3. The molecule has 3 N–H and O–H groups in total. The number of thioether (sulfide) groups is 1. The van der Waals surface area contributed by atoms with Crippen LogP contribution in [-0.2, 0) is 0 Å². The molecule has 0 spiro atoms. The molecule has 110 valence electrons. The van der Waals surface area contributed by atoms with Crippen LogP contribution in [0.15, 0.2) is 16.5 Å². The maximum atomic E-state index is 12.1.